The predicted molar refractivity (Wildman–Crippen MR) is 119 cm³/mol. The number of pyridine rings is 1. The maximum Gasteiger partial charge on any atom is 0.264 e. The molecule has 0 aliphatic carbocycles. The van der Waals surface area contributed by atoms with Crippen molar-refractivity contribution in [3.8, 4) is 34.3 Å². The topological polar surface area (TPSA) is 87.9 Å². The normalized spacial score (nSPS) is 10.7. The lowest BCUT2D eigenvalue weighted by Gasteiger charge is -2.12. The van der Waals surface area contributed by atoms with Crippen LogP contribution >= 0.6 is 11.9 Å². The van der Waals surface area contributed by atoms with Gasteiger partial charge in [-0.25, -0.2) is 4.98 Å². The fourth-order valence-electron chi connectivity index (χ4n) is 3.16. The molecular weight excluding hydrogens is 418 g/mol. The molecule has 2 heterocycles. The van der Waals surface area contributed by atoms with Crippen LogP contribution in [0.25, 0.3) is 22.4 Å². The Kier molecular flexibility index (Phi) is 6.03. The van der Waals surface area contributed by atoms with Crippen molar-refractivity contribution in [3.05, 3.63) is 48.5 Å². The quantitative estimate of drug-likeness (QED) is 0.379. The third-order valence-corrected chi connectivity index (χ3v) is 5.55. The number of para-hydroxylation sites is 1. The summed E-state index contributed by atoms with van der Waals surface area (Å²) in [6, 6.07) is 15.0. The molecule has 9 heteroatoms. The lowest BCUT2D eigenvalue weighted by molar-refractivity contribution is 0.376. The number of benzene rings is 2. The Bertz CT molecular complexity index is 1190. The zero-order valence-electron chi connectivity index (χ0n) is 17.5. The number of hydrogen-bond acceptors (Lipinski definition) is 9. The molecule has 160 valence electrons. The van der Waals surface area contributed by atoms with Crippen molar-refractivity contribution < 1.29 is 23.5 Å². The second kappa shape index (κ2) is 9.05. The van der Waals surface area contributed by atoms with Gasteiger partial charge >= 0.3 is 0 Å². The molecule has 8 nitrogen and oxygen atoms in total. The Hall–Kier alpha value is -3.59. The summed E-state index contributed by atoms with van der Waals surface area (Å²) >= 11 is 1.30. The van der Waals surface area contributed by atoms with Crippen LogP contribution in [0.1, 0.15) is 0 Å². The molecule has 0 amide bonds. The highest BCUT2D eigenvalue weighted by Crippen LogP contribution is 2.41. The van der Waals surface area contributed by atoms with Crippen molar-refractivity contribution in [3.63, 3.8) is 0 Å². The molecule has 4 aromatic rings. The molecule has 4 rings (SSSR count). The van der Waals surface area contributed by atoms with Crippen LogP contribution < -0.4 is 23.7 Å². The Balaban J connectivity index is 1.72. The van der Waals surface area contributed by atoms with Crippen LogP contribution in [0.4, 0.5) is 5.82 Å². The fraction of sp³-hybridized carbons (Fsp3) is 0.182. The number of anilines is 1. The summed E-state index contributed by atoms with van der Waals surface area (Å²) < 4.78 is 30.7. The molecule has 0 saturated heterocycles. The van der Waals surface area contributed by atoms with E-state index in [1.54, 1.807) is 28.4 Å². The van der Waals surface area contributed by atoms with E-state index in [0.29, 0.717) is 45.6 Å². The maximum absolute atomic E-state index is 5.62. The van der Waals surface area contributed by atoms with Gasteiger partial charge in [-0.1, -0.05) is 23.4 Å². The number of nitrogens with zero attached hydrogens (tertiary/aromatic N) is 2. The standard InChI is InChI=1S/C22H21N3O5S/c1-26-15-9-6-5-8-13(15)14-12-18(29-4)19-21(24-30-22(19)23-14)25-31-20-16(27-2)10-7-11-17(20)28-3/h5-12H,1-4H3,(H,24,25). The van der Waals surface area contributed by atoms with E-state index in [-0.39, 0.29) is 0 Å². The fourth-order valence-corrected chi connectivity index (χ4v) is 4.00. The molecule has 2 aromatic heterocycles. The van der Waals surface area contributed by atoms with E-state index in [1.807, 2.05) is 48.5 Å². The molecule has 0 bridgehead atoms. The van der Waals surface area contributed by atoms with Crippen LogP contribution in [-0.4, -0.2) is 38.6 Å². The summed E-state index contributed by atoms with van der Waals surface area (Å²) in [5.41, 5.74) is 1.82. The van der Waals surface area contributed by atoms with Gasteiger partial charge in [-0.15, -0.1) is 0 Å². The molecule has 2 aromatic carbocycles. The van der Waals surface area contributed by atoms with Crippen molar-refractivity contribution in [1.29, 1.82) is 0 Å². The van der Waals surface area contributed by atoms with Gasteiger partial charge in [0.1, 0.15) is 33.3 Å². The first kappa shape index (κ1) is 20.7. The van der Waals surface area contributed by atoms with Gasteiger partial charge in [-0.3, -0.25) is 0 Å². The Morgan fingerprint density at radius 3 is 2.13 bits per heavy atom. The highest BCUT2D eigenvalue weighted by Gasteiger charge is 2.20. The van der Waals surface area contributed by atoms with Crippen molar-refractivity contribution in [2.24, 2.45) is 0 Å². The van der Waals surface area contributed by atoms with Crippen molar-refractivity contribution in [1.82, 2.24) is 10.1 Å². The first-order chi connectivity index (χ1) is 15.2. The minimum Gasteiger partial charge on any atom is -0.496 e. The van der Waals surface area contributed by atoms with E-state index in [9.17, 15) is 0 Å². The Morgan fingerprint density at radius 2 is 1.45 bits per heavy atom. The van der Waals surface area contributed by atoms with Crippen molar-refractivity contribution in [2.75, 3.05) is 33.2 Å². The Morgan fingerprint density at radius 1 is 0.806 bits per heavy atom. The smallest absolute Gasteiger partial charge is 0.264 e. The van der Waals surface area contributed by atoms with E-state index in [0.717, 1.165) is 10.5 Å². The summed E-state index contributed by atoms with van der Waals surface area (Å²) in [4.78, 5) is 5.40. The summed E-state index contributed by atoms with van der Waals surface area (Å²) in [5, 5.41) is 4.77. The van der Waals surface area contributed by atoms with Gasteiger partial charge in [0.25, 0.3) is 5.71 Å². The molecule has 0 radical (unpaired) electrons. The molecule has 1 N–H and O–H groups in total. The molecule has 0 fully saturated rings. The predicted octanol–water partition coefficient (Wildman–Crippen LogP) is 5.04. The number of fused-ring (bicyclic) bond motifs is 1. The summed E-state index contributed by atoms with van der Waals surface area (Å²) in [6.07, 6.45) is 0. The van der Waals surface area contributed by atoms with Crippen LogP contribution in [-0.2, 0) is 0 Å². The van der Waals surface area contributed by atoms with Crippen LogP contribution in [0.3, 0.4) is 0 Å². The number of hydrogen-bond donors (Lipinski definition) is 1. The average Bonchev–Trinajstić information content (AvgIpc) is 3.24. The highest BCUT2D eigenvalue weighted by molar-refractivity contribution is 8.00. The van der Waals surface area contributed by atoms with Gasteiger partial charge in [0.2, 0.25) is 0 Å². The lowest BCUT2D eigenvalue weighted by Crippen LogP contribution is -1.96. The molecular formula is C22H21N3O5S. The van der Waals surface area contributed by atoms with Gasteiger partial charge in [0.05, 0.1) is 34.1 Å². The van der Waals surface area contributed by atoms with E-state index in [1.165, 1.54) is 11.9 Å². The number of nitrogens with one attached hydrogen (secondary N) is 1. The largest absolute Gasteiger partial charge is 0.496 e. The van der Waals surface area contributed by atoms with E-state index < -0.39 is 0 Å². The second-order valence-corrected chi connectivity index (χ2v) is 7.13. The first-order valence-electron chi connectivity index (χ1n) is 9.31. The van der Waals surface area contributed by atoms with Crippen LogP contribution in [0, 0.1) is 0 Å². The van der Waals surface area contributed by atoms with Gasteiger partial charge in [-0.2, -0.15) is 0 Å². The maximum atomic E-state index is 5.62. The van der Waals surface area contributed by atoms with E-state index >= 15 is 0 Å². The van der Waals surface area contributed by atoms with Gasteiger partial charge < -0.3 is 28.2 Å². The molecule has 31 heavy (non-hydrogen) atoms. The number of rotatable bonds is 8. The zero-order chi connectivity index (χ0) is 21.8. The molecule has 0 atom stereocenters. The van der Waals surface area contributed by atoms with Crippen LogP contribution in [0.5, 0.6) is 23.0 Å². The summed E-state index contributed by atoms with van der Waals surface area (Å²) in [6.45, 7) is 0. The third-order valence-electron chi connectivity index (χ3n) is 4.65. The number of ether oxygens (including phenoxy) is 4. The highest BCUT2D eigenvalue weighted by atomic mass is 32.2. The lowest BCUT2D eigenvalue weighted by atomic mass is 10.1. The molecule has 0 aliphatic heterocycles. The molecule has 0 unspecified atom stereocenters. The van der Waals surface area contributed by atoms with Gasteiger partial charge in [-0.05, 0) is 36.2 Å². The minimum atomic E-state index is 0.343. The molecule has 0 saturated carbocycles. The van der Waals surface area contributed by atoms with Crippen LogP contribution in [0.2, 0.25) is 0 Å². The van der Waals surface area contributed by atoms with Gasteiger partial charge in [0.15, 0.2) is 5.82 Å². The van der Waals surface area contributed by atoms with Crippen LogP contribution in [0.15, 0.2) is 57.9 Å². The summed E-state index contributed by atoms with van der Waals surface area (Å²) in [7, 11) is 6.43. The summed E-state index contributed by atoms with van der Waals surface area (Å²) in [5.74, 6) is 3.10. The first-order valence-corrected chi connectivity index (χ1v) is 10.1. The monoisotopic (exact) mass is 439 g/mol. The van der Waals surface area contributed by atoms with Crippen molar-refractivity contribution in [2.45, 2.75) is 4.90 Å². The van der Waals surface area contributed by atoms with E-state index in [2.05, 4.69) is 14.9 Å². The Labute approximate surface area is 183 Å². The van der Waals surface area contributed by atoms with E-state index in [4.69, 9.17) is 23.5 Å². The van der Waals surface area contributed by atoms with Gasteiger partial charge in [0, 0.05) is 11.6 Å². The molecule has 0 spiro atoms. The average molecular weight is 439 g/mol. The zero-order valence-corrected chi connectivity index (χ0v) is 18.3. The number of methoxy groups -OCH3 is 4. The second-order valence-electron chi connectivity index (χ2n) is 6.32. The third kappa shape index (κ3) is 3.91. The van der Waals surface area contributed by atoms with Crippen molar-refractivity contribution >= 4 is 28.9 Å². The molecule has 0 aliphatic rings. The SMILES string of the molecule is COc1ccccc1-c1cc(OC)c2c(NSc3c(OC)cccc3OC)noc2n1. The minimum absolute atomic E-state index is 0.343. The number of aromatic nitrogens is 2.